The van der Waals surface area contributed by atoms with Crippen LogP contribution < -0.4 is 0 Å². The van der Waals surface area contributed by atoms with Gasteiger partial charge in [-0.1, -0.05) is 53.7 Å². The Bertz CT molecular complexity index is 535. The molecule has 1 N–H and O–H groups in total. The fourth-order valence-electron chi connectivity index (χ4n) is 3.97. The Morgan fingerprint density at radius 3 is 2.00 bits per heavy atom. The van der Waals surface area contributed by atoms with E-state index in [0.29, 0.717) is 5.92 Å². The molecule has 0 spiro atoms. The molecule has 0 amide bonds. The fraction of sp³-hybridized carbons (Fsp3) is 0.800. The van der Waals surface area contributed by atoms with Crippen molar-refractivity contribution in [2.24, 2.45) is 22.7 Å². The summed E-state index contributed by atoms with van der Waals surface area (Å²) in [7, 11) is 0. The molecule has 5 heteroatoms. The lowest BCUT2D eigenvalue weighted by Gasteiger charge is -2.47. The highest BCUT2D eigenvalue weighted by molar-refractivity contribution is 5.91. The molecule has 3 aliphatic carbocycles. The van der Waals surface area contributed by atoms with Crippen LogP contribution in [-0.2, 0) is 19.1 Å². The number of aliphatic hydroxyl groups is 1. The molecule has 0 aromatic heterocycles. The highest BCUT2D eigenvalue weighted by Crippen LogP contribution is 2.45. The minimum Gasteiger partial charge on any atom is -0.461 e. The van der Waals surface area contributed by atoms with E-state index in [0.717, 1.165) is 19.3 Å². The Morgan fingerprint density at radius 2 is 1.60 bits per heavy atom. The fourth-order valence-corrected chi connectivity index (χ4v) is 3.97. The number of carbonyl (C=O) groups excluding carboxylic acids is 2. The quantitative estimate of drug-likeness (QED) is 0.362. The van der Waals surface area contributed by atoms with E-state index in [4.69, 9.17) is 9.47 Å². The molecule has 0 aromatic rings. The summed E-state index contributed by atoms with van der Waals surface area (Å²) in [6.07, 6.45) is 6.68. The highest BCUT2D eigenvalue weighted by atomic mass is 16.7. The van der Waals surface area contributed by atoms with Crippen molar-refractivity contribution >= 4 is 11.9 Å². The Kier molecular flexibility index (Phi) is 5.39. The lowest BCUT2D eigenvalue weighted by Crippen LogP contribution is -2.56. The average molecular weight is 352 g/mol. The topological polar surface area (TPSA) is 72.8 Å². The van der Waals surface area contributed by atoms with Crippen molar-refractivity contribution in [1.29, 1.82) is 0 Å². The lowest BCUT2D eigenvalue weighted by atomic mass is 9.70. The van der Waals surface area contributed by atoms with Gasteiger partial charge < -0.3 is 14.6 Å². The predicted octanol–water partition coefficient (Wildman–Crippen LogP) is 3.60. The van der Waals surface area contributed by atoms with Crippen LogP contribution in [0, 0.1) is 22.7 Å². The van der Waals surface area contributed by atoms with Crippen molar-refractivity contribution in [3.8, 4) is 0 Å². The van der Waals surface area contributed by atoms with Crippen molar-refractivity contribution in [3.05, 3.63) is 12.2 Å². The summed E-state index contributed by atoms with van der Waals surface area (Å²) >= 11 is 0. The molecule has 3 atom stereocenters. The second-order valence-corrected chi connectivity index (χ2v) is 9.45. The highest BCUT2D eigenvalue weighted by Gasteiger charge is 2.53. The van der Waals surface area contributed by atoms with Crippen molar-refractivity contribution in [3.63, 3.8) is 0 Å². The second-order valence-electron chi connectivity index (χ2n) is 9.45. The first-order valence-corrected chi connectivity index (χ1v) is 9.15. The van der Waals surface area contributed by atoms with Crippen LogP contribution in [0.25, 0.3) is 0 Å². The average Bonchev–Trinajstić information content (AvgIpc) is 2.45. The van der Waals surface area contributed by atoms with Gasteiger partial charge in [0.05, 0.1) is 0 Å². The van der Waals surface area contributed by atoms with E-state index in [-0.39, 0.29) is 12.0 Å². The van der Waals surface area contributed by atoms with Gasteiger partial charge >= 0.3 is 11.9 Å². The summed E-state index contributed by atoms with van der Waals surface area (Å²) < 4.78 is 10.9. The van der Waals surface area contributed by atoms with Crippen LogP contribution in [0.2, 0.25) is 0 Å². The van der Waals surface area contributed by atoms with Crippen LogP contribution in [0.3, 0.4) is 0 Å². The van der Waals surface area contributed by atoms with Crippen LogP contribution in [0.5, 0.6) is 0 Å². The molecular formula is C20H32O5. The van der Waals surface area contributed by atoms with Crippen LogP contribution in [0.1, 0.15) is 67.2 Å². The van der Waals surface area contributed by atoms with E-state index in [2.05, 4.69) is 12.2 Å². The summed E-state index contributed by atoms with van der Waals surface area (Å²) in [5.74, 6) is -2.30. The summed E-state index contributed by atoms with van der Waals surface area (Å²) in [5, 5.41) is 11.0. The van der Waals surface area contributed by atoms with Crippen molar-refractivity contribution in [2.75, 3.05) is 0 Å². The maximum atomic E-state index is 12.3. The molecule has 1 fully saturated rings. The lowest BCUT2D eigenvalue weighted by molar-refractivity contribution is -0.297. The van der Waals surface area contributed by atoms with E-state index >= 15 is 0 Å². The molecule has 0 aliphatic heterocycles. The van der Waals surface area contributed by atoms with E-state index in [1.807, 2.05) is 0 Å². The van der Waals surface area contributed by atoms with E-state index < -0.39 is 35.0 Å². The van der Waals surface area contributed by atoms with Gasteiger partial charge in [0.15, 0.2) is 0 Å². The monoisotopic (exact) mass is 352 g/mol. The molecule has 0 saturated heterocycles. The molecular weight excluding hydrogens is 320 g/mol. The van der Waals surface area contributed by atoms with Crippen LogP contribution >= 0.6 is 0 Å². The van der Waals surface area contributed by atoms with E-state index in [1.165, 1.54) is 0 Å². The molecule has 0 heterocycles. The number of carbonyl (C=O) groups is 2. The minimum absolute atomic E-state index is 0.145. The van der Waals surface area contributed by atoms with Gasteiger partial charge in [0.25, 0.3) is 0 Å². The Labute approximate surface area is 150 Å². The van der Waals surface area contributed by atoms with Gasteiger partial charge in [-0.15, -0.1) is 0 Å². The molecule has 25 heavy (non-hydrogen) atoms. The summed E-state index contributed by atoms with van der Waals surface area (Å²) in [6.45, 7) is 10.8. The first-order chi connectivity index (χ1) is 11.3. The zero-order valence-corrected chi connectivity index (χ0v) is 16.3. The van der Waals surface area contributed by atoms with Crippen molar-refractivity contribution in [1.82, 2.24) is 0 Å². The number of hydrogen-bond acceptors (Lipinski definition) is 5. The van der Waals surface area contributed by atoms with Crippen molar-refractivity contribution in [2.45, 2.75) is 79.1 Å². The number of hydrogen-bond donors (Lipinski definition) is 1. The third-order valence-corrected chi connectivity index (χ3v) is 5.38. The molecule has 1 saturated carbocycles. The molecule has 2 bridgehead atoms. The van der Waals surface area contributed by atoms with Crippen LogP contribution in [-0.4, -0.2) is 28.9 Å². The largest absolute Gasteiger partial charge is 0.461 e. The van der Waals surface area contributed by atoms with Gasteiger partial charge in [-0.05, 0) is 25.2 Å². The van der Waals surface area contributed by atoms with E-state index in [1.54, 1.807) is 41.5 Å². The summed E-state index contributed by atoms with van der Waals surface area (Å²) in [4.78, 5) is 24.4. The van der Waals surface area contributed by atoms with Gasteiger partial charge in [-0.25, -0.2) is 0 Å². The zero-order valence-electron chi connectivity index (χ0n) is 16.3. The first-order valence-electron chi connectivity index (χ1n) is 9.15. The minimum atomic E-state index is -1.69. The first kappa shape index (κ1) is 20.0. The smallest absolute Gasteiger partial charge is 0.319 e. The molecule has 5 nitrogen and oxygen atoms in total. The number of allylic oxidation sites excluding steroid dienone is 1. The normalized spacial score (nSPS) is 26.4. The molecule has 0 radical (unpaired) electrons. The third kappa shape index (κ3) is 4.25. The number of ether oxygens (including phenoxy) is 2. The molecule has 3 aliphatic rings. The van der Waals surface area contributed by atoms with E-state index in [9.17, 15) is 14.7 Å². The predicted molar refractivity (Wildman–Crippen MR) is 94.4 cm³/mol. The Hall–Kier alpha value is -1.36. The number of fused-ring (bicyclic) bond motifs is 2. The molecule has 3 unspecified atom stereocenters. The second kappa shape index (κ2) is 6.75. The molecule has 142 valence electrons. The maximum Gasteiger partial charge on any atom is 0.319 e. The molecule has 0 aromatic carbocycles. The van der Waals surface area contributed by atoms with Gasteiger partial charge in [0.2, 0.25) is 5.79 Å². The van der Waals surface area contributed by atoms with Crippen LogP contribution in [0.4, 0.5) is 0 Å². The SMILES string of the molecule is CC(C)(C)C(O)(OC(=O)CC(=O)OC1CC2C=CC1CC2)C(C)(C)C. The number of esters is 2. The van der Waals surface area contributed by atoms with Gasteiger partial charge in [0, 0.05) is 16.7 Å². The third-order valence-electron chi connectivity index (χ3n) is 5.38. The number of rotatable bonds is 4. The summed E-state index contributed by atoms with van der Waals surface area (Å²) in [6, 6.07) is 0. The Balaban J connectivity index is 1.95. The van der Waals surface area contributed by atoms with Gasteiger partial charge in [-0.3, -0.25) is 9.59 Å². The maximum absolute atomic E-state index is 12.3. The summed E-state index contributed by atoms with van der Waals surface area (Å²) in [5.41, 5.74) is -1.39. The zero-order chi connectivity index (χ0) is 19.0. The van der Waals surface area contributed by atoms with Crippen LogP contribution in [0.15, 0.2) is 12.2 Å². The van der Waals surface area contributed by atoms with Crippen molar-refractivity contribution < 1.29 is 24.2 Å². The standard InChI is InChI=1S/C20H32O5/c1-18(2,3)20(23,19(4,5)6)25-17(22)12-16(21)24-15-11-13-7-9-14(15)10-8-13/h7,9,13-15,23H,8,10-12H2,1-6H3. The Morgan fingerprint density at radius 1 is 1.00 bits per heavy atom. The molecule has 3 rings (SSSR count). The van der Waals surface area contributed by atoms with Gasteiger partial charge in [-0.2, -0.15) is 0 Å². The van der Waals surface area contributed by atoms with Gasteiger partial charge in [0.1, 0.15) is 12.5 Å².